The number of nitro groups is 1. The number of amides is 1. The Morgan fingerprint density at radius 3 is 2.70 bits per heavy atom. The molecule has 1 heterocycles. The molecule has 0 saturated carbocycles. The Morgan fingerprint density at radius 2 is 2.15 bits per heavy atom. The Bertz CT molecular complexity index is 653. The quantitative estimate of drug-likeness (QED) is 0.693. The molecular formula is C13H12N2O4S. The summed E-state index contributed by atoms with van der Waals surface area (Å²) in [7, 11) is 0. The van der Waals surface area contributed by atoms with Gasteiger partial charge in [0.05, 0.1) is 9.80 Å². The van der Waals surface area contributed by atoms with Gasteiger partial charge in [-0.1, -0.05) is 17.4 Å². The minimum atomic E-state index is -0.522. The average Bonchev–Trinajstić information content (AvgIpc) is 2.89. The second kappa shape index (κ2) is 5.70. The molecule has 0 saturated heterocycles. The first-order valence-corrected chi connectivity index (χ1v) is 6.69. The zero-order valence-electron chi connectivity index (χ0n) is 10.6. The Hall–Kier alpha value is -2.41. The molecule has 0 spiro atoms. The molecule has 1 amide bonds. The third kappa shape index (κ3) is 2.77. The molecule has 2 rings (SSSR count). The van der Waals surface area contributed by atoms with Crippen LogP contribution in [0.5, 0.6) is 5.75 Å². The van der Waals surface area contributed by atoms with Crippen molar-refractivity contribution in [1.82, 2.24) is 0 Å². The minimum absolute atomic E-state index is 0.0610. The van der Waals surface area contributed by atoms with Crippen LogP contribution >= 0.6 is 11.3 Å². The minimum Gasteiger partial charge on any atom is -0.508 e. The Labute approximate surface area is 119 Å². The van der Waals surface area contributed by atoms with Gasteiger partial charge in [0.1, 0.15) is 5.75 Å². The SMILES string of the molecule is CCN(C(=O)c1ccc([N+](=O)[O-])s1)c1cccc(O)c1. The van der Waals surface area contributed by atoms with E-state index in [1.165, 1.54) is 29.2 Å². The molecule has 0 aliphatic rings. The van der Waals surface area contributed by atoms with Crippen molar-refractivity contribution >= 4 is 27.9 Å². The van der Waals surface area contributed by atoms with E-state index >= 15 is 0 Å². The molecule has 1 N–H and O–H groups in total. The number of anilines is 1. The molecule has 1 aromatic heterocycles. The molecule has 7 heteroatoms. The lowest BCUT2D eigenvalue weighted by atomic mass is 10.2. The Morgan fingerprint density at radius 1 is 1.40 bits per heavy atom. The van der Waals surface area contributed by atoms with Crippen LogP contribution in [0, 0.1) is 10.1 Å². The number of carbonyl (C=O) groups is 1. The number of phenols is 1. The van der Waals surface area contributed by atoms with Crippen LogP contribution in [-0.4, -0.2) is 22.5 Å². The van der Waals surface area contributed by atoms with Gasteiger partial charge in [-0.25, -0.2) is 0 Å². The van der Waals surface area contributed by atoms with Gasteiger partial charge in [-0.3, -0.25) is 14.9 Å². The lowest BCUT2D eigenvalue weighted by molar-refractivity contribution is -0.380. The summed E-state index contributed by atoms with van der Waals surface area (Å²) in [6.07, 6.45) is 0. The fourth-order valence-corrected chi connectivity index (χ4v) is 2.55. The van der Waals surface area contributed by atoms with E-state index in [2.05, 4.69) is 0 Å². The summed E-state index contributed by atoms with van der Waals surface area (Å²) < 4.78 is 0. The highest BCUT2D eigenvalue weighted by Crippen LogP contribution is 2.27. The van der Waals surface area contributed by atoms with Gasteiger partial charge in [-0.15, -0.1) is 0 Å². The summed E-state index contributed by atoms with van der Waals surface area (Å²) in [5.74, 6) is -0.262. The first kappa shape index (κ1) is 14.0. The maximum Gasteiger partial charge on any atom is 0.324 e. The number of nitrogens with zero attached hydrogens (tertiary/aromatic N) is 2. The van der Waals surface area contributed by atoms with E-state index in [4.69, 9.17) is 0 Å². The van der Waals surface area contributed by atoms with Gasteiger partial charge in [0.25, 0.3) is 5.91 Å². The largest absolute Gasteiger partial charge is 0.508 e. The topological polar surface area (TPSA) is 83.7 Å². The lowest BCUT2D eigenvalue weighted by Crippen LogP contribution is -2.29. The van der Waals surface area contributed by atoms with E-state index in [-0.39, 0.29) is 16.7 Å². The van der Waals surface area contributed by atoms with Crippen LogP contribution in [0.25, 0.3) is 0 Å². The molecule has 1 aromatic carbocycles. The fraction of sp³-hybridized carbons (Fsp3) is 0.154. The van der Waals surface area contributed by atoms with E-state index < -0.39 is 4.92 Å². The van der Waals surface area contributed by atoms with Crippen molar-refractivity contribution in [1.29, 1.82) is 0 Å². The number of rotatable bonds is 4. The summed E-state index contributed by atoms with van der Waals surface area (Å²) in [6, 6.07) is 9.08. The molecule has 0 fully saturated rings. The van der Waals surface area contributed by atoms with Crippen LogP contribution in [0.2, 0.25) is 0 Å². The van der Waals surface area contributed by atoms with Crippen LogP contribution in [0.3, 0.4) is 0 Å². The summed E-state index contributed by atoms with van der Waals surface area (Å²) in [5.41, 5.74) is 0.550. The summed E-state index contributed by atoms with van der Waals surface area (Å²) in [4.78, 5) is 24.2. The average molecular weight is 292 g/mol. The zero-order valence-corrected chi connectivity index (χ0v) is 11.5. The van der Waals surface area contributed by atoms with Crippen molar-refractivity contribution < 1.29 is 14.8 Å². The first-order valence-electron chi connectivity index (χ1n) is 5.88. The normalized spacial score (nSPS) is 10.2. The molecule has 104 valence electrons. The van der Waals surface area contributed by atoms with E-state index in [0.29, 0.717) is 17.1 Å². The number of carbonyl (C=O) groups excluding carboxylic acids is 1. The second-order valence-corrected chi connectivity index (χ2v) is 5.03. The van der Waals surface area contributed by atoms with Gasteiger partial charge in [0.15, 0.2) is 0 Å². The molecule has 2 aromatic rings. The molecule has 0 radical (unpaired) electrons. The van der Waals surface area contributed by atoms with Crippen molar-refractivity contribution in [3.8, 4) is 5.75 Å². The third-order valence-corrected chi connectivity index (χ3v) is 3.71. The van der Waals surface area contributed by atoms with Crippen molar-refractivity contribution in [2.24, 2.45) is 0 Å². The van der Waals surface area contributed by atoms with Gasteiger partial charge in [0, 0.05) is 24.4 Å². The molecule has 6 nitrogen and oxygen atoms in total. The van der Waals surface area contributed by atoms with Gasteiger partial charge in [-0.2, -0.15) is 0 Å². The highest BCUT2D eigenvalue weighted by Gasteiger charge is 2.21. The van der Waals surface area contributed by atoms with Crippen molar-refractivity contribution in [2.75, 3.05) is 11.4 Å². The number of aromatic hydroxyl groups is 1. The zero-order chi connectivity index (χ0) is 14.7. The smallest absolute Gasteiger partial charge is 0.324 e. The Kier molecular flexibility index (Phi) is 3.99. The van der Waals surface area contributed by atoms with Gasteiger partial charge in [-0.05, 0) is 25.1 Å². The summed E-state index contributed by atoms with van der Waals surface area (Å²) >= 11 is 0.839. The molecule has 0 bridgehead atoms. The van der Waals surface area contributed by atoms with Crippen LogP contribution in [-0.2, 0) is 0 Å². The van der Waals surface area contributed by atoms with Crippen molar-refractivity contribution in [3.05, 3.63) is 51.4 Å². The number of hydrogen-bond acceptors (Lipinski definition) is 5. The third-order valence-electron chi connectivity index (χ3n) is 2.69. The van der Waals surface area contributed by atoms with Gasteiger partial charge < -0.3 is 10.0 Å². The van der Waals surface area contributed by atoms with E-state index in [1.54, 1.807) is 19.1 Å². The monoisotopic (exact) mass is 292 g/mol. The molecular weight excluding hydrogens is 280 g/mol. The molecule has 0 atom stereocenters. The molecule has 0 unspecified atom stereocenters. The van der Waals surface area contributed by atoms with Gasteiger partial charge >= 0.3 is 5.00 Å². The van der Waals surface area contributed by atoms with Crippen molar-refractivity contribution in [3.63, 3.8) is 0 Å². The van der Waals surface area contributed by atoms with E-state index in [1.807, 2.05) is 0 Å². The van der Waals surface area contributed by atoms with E-state index in [0.717, 1.165) is 11.3 Å². The van der Waals surface area contributed by atoms with Crippen molar-refractivity contribution in [2.45, 2.75) is 6.92 Å². The maximum atomic E-state index is 12.4. The number of thiophene rings is 1. The standard InChI is InChI=1S/C13H12N2O4S/c1-2-14(9-4-3-5-10(16)8-9)13(17)11-6-7-12(20-11)15(18)19/h3-8,16H,2H2,1H3. The van der Waals surface area contributed by atoms with Crippen LogP contribution in [0.4, 0.5) is 10.7 Å². The summed E-state index contributed by atoms with van der Waals surface area (Å²) in [5, 5.41) is 20.0. The number of hydrogen-bond donors (Lipinski definition) is 1. The Balaban J connectivity index is 2.31. The number of benzene rings is 1. The number of phenolic OH excluding ortho intramolecular Hbond substituents is 1. The molecule has 0 aliphatic carbocycles. The fourth-order valence-electron chi connectivity index (χ4n) is 1.78. The second-order valence-electron chi connectivity index (χ2n) is 3.96. The highest BCUT2D eigenvalue weighted by molar-refractivity contribution is 7.17. The predicted octanol–water partition coefficient (Wildman–Crippen LogP) is 3.03. The molecule has 0 aliphatic heterocycles. The molecule has 20 heavy (non-hydrogen) atoms. The highest BCUT2D eigenvalue weighted by atomic mass is 32.1. The van der Waals surface area contributed by atoms with Crippen LogP contribution < -0.4 is 4.90 Å². The van der Waals surface area contributed by atoms with E-state index in [9.17, 15) is 20.0 Å². The van der Waals surface area contributed by atoms with Crippen LogP contribution in [0.1, 0.15) is 16.6 Å². The lowest BCUT2D eigenvalue weighted by Gasteiger charge is -2.20. The maximum absolute atomic E-state index is 12.4. The predicted molar refractivity (Wildman–Crippen MR) is 76.4 cm³/mol. The first-order chi connectivity index (χ1) is 9.52. The van der Waals surface area contributed by atoms with Crippen LogP contribution in [0.15, 0.2) is 36.4 Å². The summed E-state index contributed by atoms with van der Waals surface area (Å²) in [6.45, 7) is 2.19. The van der Waals surface area contributed by atoms with Gasteiger partial charge in [0.2, 0.25) is 0 Å².